The van der Waals surface area contributed by atoms with Crippen molar-refractivity contribution in [3.05, 3.63) is 58.5 Å². The van der Waals surface area contributed by atoms with Gasteiger partial charge in [-0.25, -0.2) is 17.2 Å². The van der Waals surface area contributed by atoms with Gasteiger partial charge in [0.15, 0.2) is 0 Å². The first-order chi connectivity index (χ1) is 13.3. The summed E-state index contributed by atoms with van der Waals surface area (Å²) in [5, 5.41) is 2.17. The molecule has 28 heavy (non-hydrogen) atoms. The molecular weight excluding hydrogens is 392 g/mol. The minimum absolute atomic E-state index is 0.0984. The van der Waals surface area contributed by atoms with Crippen LogP contribution < -0.4 is 10.9 Å². The quantitative estimate of drug-likeness (QED) is 0.815. The number of rotatable bonds is 5. The van der Waals surface area contributed by atoms with E-state index in [1.54, 1.807) is 0 Å². The van der Waals surface area contributed by atoms with Crippen molar-refractivity contribution in [2.75, 3.05) is 18.4 Å². The molecule has 3 rings (SSSR count). The Labute approximate surface area is 160 Å². The van der Waals surface area contributed by atoms with Crippen LogP contribution in [0.5, 0.6) is 0 Å². The standard InChI is InChI=1S/C18H19F2N3O4S/c19-13-4-6-15(20)16(10-13)21-17(24)12-22-11-14(5-7-18(22)25)28(26,27)23-8-2-1-3-9-23/h4-7,10-11H,1-3,8-9,12H2,(H,21,24). The lowest BCUT2D eigenvalue weighted by Gasteiger charge is -2.26. The van der Waals surface area contributed by atoms with E-state index in [-0.39, 0.29) is 10.6 Å². The van der Waals surface area contributed by atoms with E-state index in [1.165, 1.54) is 10.4 Å². The molecule has 1 aromatic carbocycles. The molecule has 1 aromatic heterocycles. The number of benzene rings is 1. The number of carbonyl (C=O) groups excluding carboxylic acids is 1. The summed E-state index contributed by atoms with van der Waals surface area (Å²) < 4.78 is 54.6. The third kappa shape index (κ3) is 4.45. The number of hydrogen-bond donors (Lipinski definition) is 1. The molecule has 0 radical (unpaired) electrons. The van der Waals surface area contributed by atoms with Crippen LogP contribution in [0.4, 0.5) is 14.5 Å². The molecule has 0 unspecified atom stereocenters. The highest BCUT2D eigenvalue weighted by molar-refractivity contribution is 7.89. The van der Waals surface area contributed by atoms with Crippen LogP contribution in [-0.2, 0) is 21.4 Å². The van der Waals surface area contributed by atoms with Gasteiger partial charge in [-0.3, -0.25) is 9.59 Å². The fourth-order valence-electron chi connectivity index (χ4n) is 2.98. The van der Waals surface area contributed by atoms with Gasteiger partial charge in [0, 0.05) is 31.4 Å². The van der Waals surface area contributed by atoms with E-state index >= 15 is 0 Å². The number of aromatic nitrogens is 1. The number of nitrogens with one attached hydrogen (secondary N) is 1. The minimum atomic E-state index is -3.78. The van der Waals surface area contributed by atoms with E-state index in [0.717, 1.165) is 54.3 Å². The molecular formula is C18H19F2N3O4S. The van der Waals surface area contributed by atoms with Gasteiger partial charge in [0.05, 0.1) is 10.6 Å². The predicted octanol–water partition coefficient (Wildman–Crippen LogP) is 1.94. The van der Waals surface area contributed by atoms with Crippen LogP contribution in [0.1, 0.15) is 19.3 Å². The summed E-state index contributed by atoms with van der Waals surface area (Å²) in [4.78, 5) is 24.1. The van der Waals surface area contributed by atoms with Crippen LogP contribution in [0.25, 0.3) is 0 Å². The number of hydrogen-bond acceptors (Lipinski definition) is 4. The molecule has 0 atom stereocenters. The molecule has 150 valence electrons. The van der Waals surface area contributed by atoms with Crippen molar-refractivity contribution in [1.82, 2.24) is 8.87 Å². The van der Waals surface area contributed by atoms with Gasteiger partial charge in [0.1, 0.15) is 18.2 Å². The van der Waals surface area contributed by atoms with Gasteiger partial charge in [-0.05, 0) is 31.0 Å². The third-order valence-electron chi connectivity index (χ3n) is 4.43. The molecule has 0 saturated carbocycles. The second kappa shape index (κ2) is 8.19. The maximum Gasteiger partial charge on any atom is 0.251 e. The van der Waals surface area contributed by atoms with Crippen LogP contribution in [0, 0.1) is 11.6 Å². The normalized spacial score (nSPS) is 15.4. The Balaban J connectivity index is 1.80. The fraction of sp³-hybridized carbons (Fsp3) is 0.333. The van der Waals surface area contributed by atoms with Gasteiger partial charge in [0.2, 0.25) is 15.9 Å². The van der Waals surface area contributed by atoms with Crippen molar-refractivity contribution in [3.8, 4) is 0 Å². The second-order valence-corrected chi connectivity index (χ2v) is 8.41. The van der Waals surface area contributed by atoms with Crippen LogP contribution in [0.3, 0.4) is 0 Å². The molecule has 0 spiro atoms. The highest BCUT2D eigenvalue weighted by Crippen LogP contribution is 2.20. The Morgan fingerprint density at radius 3 is 2.50 bits per heavy atom. The number of piperidine rings is 1. The van der Waals surface area contributed by atoms with Gasteiger partial charge >= 0.3 is 0 Å². The highest BCUT2D eigenvalue weighted by Gasteiger charge is 2.26. The summed E-state index contributed by atoms with van der Waals surface area (Å²) in [6.07, 6.45) is 3.58. The fourth-order valence-corrected chi connectivity index (χ4v) is 4.52. The average Bonchev–Trinajstić information content (AvgIpc) is 2.67. The Morgan fingerprint density at radius 1 is 1.07 bits per heavy atom. The number of anilines is 1. The topological polar surface area (TPSA) is 88.5 Å². The molecule has 2 aromatic rings. The predicted molar refractivity (Wildman–Crippen MR) is 98.3 cm³/mol. The van der Waals surface area contributed by atoms with E-state index in [9.17, 15) is 26.8 Å². The molecule has 1 aliphatic heterocycles. The first-order valence-electron chi connectivity index (χ1n) is 8.73. The zero-order chi connectivity index (χ0) is 20.3. The van der Waals surface area contributed by atoms with E-state index in [0.29, 0.717) is 13.1 Å². The molecule has 1 amide bonds. The van der Waals surface area contributed by atoms with Crippen molar-refractivity contribution in [2.24, 2.45) is 0 Å². The largest absolute Gasteiger partial charge is 0.322 e. The zero-order valence-electron chi connectivity index (χ0n) is 14.9. The average molecular weight is 411 g/mol. The Hall–Kier alpha value is -2.59. The first-order valence-corrected chi connectivity index (χ1v) is 10.2. The molecule has 10 heteroatoms. The van der Waals surface area contributed by atoms with Crippen molar-refractivity contribution in [2.45, 2.75) is 30.7 Å². The molecule has 2 heterocycles. The Kier molecular flexibility index (Phi) is 5.90. The van der Waals surface area contributed by atoms with Crippen molar-refractivity contribution in [1.29, 1.82) is 0 Å². The van der Waals surface area contributed by atoms with Crippen LogP contribution in [0.2, 0.25) is 0 Å². The maximum atomic E-state index is 13.6. The van der Waals surface area contributed by atoms with Crippen molar-refractivity contribution < 1.29 is 22.0 Å². The molecule has 0 bridgehead atoms. The smallest absolute Gasteiger partial charge is 0.251 e. The monoisotopic (exact) mass is 411 g/mol. The Morgan fingerprint density at radius 2 is 1.79 bits per heavy atom. The SMILES string of the molecule is O=C(Cn1cc(S(=O)(=O)N2CCCCC2)ccc1=O)Nc1cc(F)ccc1F. The molecule has 1 N–H and O–H groups in total. The number of amides is 1. The number of nitrogens with zero attached hydrogens (tertiary/aromatic N) is 2. The molecule has 7 nitrogen and oxygen atoms in total. The number of pyridine rings is 1. The summed E-state index contributed by atoms with van der Waals surface area (Å²) in [5.41, 5.74) is -0.956. The van der Waals surface area contributed by atoms with Gasteiger partial charge in [-0.1, -0.05) is 6.42 Å². The zero-order valence-corrected chi connectivity index (χ0v) is 15.7. The van der Waals surface area contributed by atoms with Gasteiger partial charge in [-0.2, -0.15) is 4.31 Å². The van der Waals surface area contributed by atoms with E-state index in [1.807, 2.05) is 0 Å². The van der Waals surface area contributed by atoms with E-state index < -0.39 is 39.7 Å². The van der Waals surface area contributed by atoms with Crippen molar-refractivity contribution in [3.63, 3.8) is 0 Å². The summed E-state index contributed by atoms with van der Waals surface area (Å²) in [5.74, 6) is -2.36. The third-order valence-corrected chi connectivity index (χ3v) is 6.31. The lowest BCUT2D eigenvalue weighted by atomic mass is 10.2. The summed E-state index contributed by atoms with van der Waals surface area (Å²) in [7, 11) is -3.78. The molecule has 1 saturated heterocycles. The number of carbonyl (C=O) groups is 1. The highest BCUT2D eigenvalue weighted by atomic mass is 32.2. The van der Waals surface area contributed by atoms with Crippen LogP contribution in [-0.4, -0.2) is 36.3 Å². The van der Waals surface area contributed by atoms with Gasteiger partial charge < -0.3 is 9.88 Å². The van der Waals surface area contributed by atoms with E-state index in [2.05, 4.69) is 5.32 Å². The second-order valence-electron chi connectivity index (χ2n) is 6.47. The summed E-state index contributed by atoms with van der Waals surface area (Å²) in [6, 6.07) is 4.85. The van der Waals surface area contributed by atoms with Gasteiger partial charge in [0.25, 0.3) is 5.56 Å². The lowest BCUT2D eigenvalue weighted by molar-refractivity contribution is -0.116. The first kappa shape index (κ1) is 20.2. The van der Waals surface area contributed by atoms with Crippen molar-refractivity contribution >= 4 is 21.6 Å². The number of sulfonamides is 1. The molecule has 1 aliphatic rings. The van der Waals surface area contributed by atoms with Gasteiger partial charge in [-0.15, -0.1) is 0 Å². The van der Waals surface area contributed by atoms with Crippen LogP contribution in [0.15, 0.2) is 46.2 Å². The molecule has 1 fully saturated rings. The molecule has 0 aliphatic carbocycles. The Bertz CT molecular complexity index is 1050. The lowest BCUT2D eigenvalue weighted by Crippen LogP contribution is -2.36. The minimum Gasteiger partial charge on any atom is -0.322 e. The maximum absolute atomic E-state index is 13.6. The number of halogens is 2. The van der Waals surface area contributed by atoms with Crippen LogP contribution >= 0.6 is 0 Å². The summed E-state index contributed by atoms with van der Waals surface area (Å²) in [6.45, 7) is 0.264. The van der Waals surface area contributed by atoms with E-state index in [4.69, 9.17) is 0 Å². The summed E-state index contributed by atoms with van der Waals surface area (Å²) >= 11 is 0.